The molecule has 0 spiro atoms. The van der Waals surface area contributed by atoms with Crippen molar-refractivity contribution in [1.82, 2.24) is 14.5 Å². The first-order chi connectivity index (χ1) is 15.7. The van der Waals surface area contributed by atoms with Crippen molar-refractivity contribution in [2.75, 3.05) is 10.5 Å². The third-order valence-corrected chi connectivity index (χ3v) is 6.08. The van der Waals surface area contributed by atoms with Gasteiger partial charge in [0.2, 0.25) is 0 Å². The quantitative estimate of drug-likeness (QED) is 0.397. The van der Waals surface area contributed by atoms with E-state index in [0.717, 1.165) is 11.0 Å². The van der Waals surface area contributed by atoms with Crippen molar-refractivity contribution in [2.45, 2.75) is 19.9 Å². The predicted octanol–water partition coefficient (Wildman–Crippen LogP) is 4.24. The second-order valence-electron chi connectivity index (χ2n) is 7.77. The molecule has 2 aromatic carbocycles. The summed E-state index contributed by atoms with van der Waals surface area (Å²) in [7, 11) is -3.77. The van der Waals surface area contributed by atoms with Crippen LogP contribution in [0.3, 0.4) is 0 Å². The van der Waals surface area contributed by atoms with Gasteiger partial charge in [0.05, 0.1) is 16.4 Å². The van der Waals surface area contributed by atoms with E-state index in [4.69, 9.17) is 5.73 Å². The number of hydrogen-bond donors (Lipinski definition) is 2. The zero-order valence-electron chi connectivity index (χ0n) is 18.1. The number of carbonyl (C=O) groups is 1. The normalized spacial score (nSPS) is 12.0. The SMILES string of the molecule is CC(C)n1cc(C(=O)c2cccc(NS(=O)(=O)C=Cc3ccccc3)c2)c2c(N)ncnc21. The molecule has 0 radical (unpaired) electrons. The van der Waals surface area contributed by atoms with Crippen LogP contribution in [0.4, 0.5) is 11.5 Å². The van der Waals surface area contributed by atoms with Crippen molar-refractivity contribution in [2.24, 2.45) is 0 Å². The molecule has 0 saturated carbocycles. The molecule has 9 heteroatoms. The van der Waals surface area contributed by atoms with Crippen LogP contribution in [0.25, 0.3) is 17.1 Å². The summed E-state index contributed by atoms with van der Waals surface area (Å²) in [6.45, 7) is 3.95. The number of benzene rings is 2. The van der Waals surface area contributed by atoms with Gasteiger partial charge >= 0.3 is 0 Å². The smallest absolute Gasteiger partial charge is 0.255 e. The Morgan fingerprint density at radius 3 is 2.58 bits per heavy atom. The lowest BCUT2D eigenvalue weighted by atomic mass is 10.0. The number of nitrogens with one attached hydrogen (secondary N) is 1. The Morgan fingerprint density at radius 1 is 1.09 bits per heavy atom. The molecule has 2 aromatic heterocycles. The number of aromatic nitrogens is 3. The number of rotatable bonds is 7. The molecule has 0 aliphatic carbocycles. The Morgan fingerprint density at radius 2 is 1.85 bits per heavy atom. The topological polar surface area (TPSA) is 120 Å². The Hall–Kier alpha value is -3.98. The monoisotopic (exact) mass is 461 g/mol. The number of anilines is 2. The number of nitrogens with zero attached hydrogens (tertiary/aromatic N) is 3. The number of nitrogen functional groups attached to an aromatic ring is 1. The van der Waals surface area contributed by atoms with Crippen molar-refractivity contribution in [3.63, 3.8) is 0 Å². The van der Waals surface area contributed by atoms with Gasteiger partial charge in [-0.3, -0.25) is 9.52 Å². The fourth-order valence-corrected chi connectivity index (χ4v) is 4.34. The van der Waals surface area contributed by atoms with Crippen LogP contribution in [0.15, 0.2) is 72.5 Å². The lowest BCUT2D eigenvalue weighted by molar-refractivity contribution is 0.104. The van der Waals surface area contributed by atoms with Gasteiger partial charge in [0.25, 0.3) is 10.0 Å². The van der Waals surface area contributed by atoms with Crippen LogP contribution < -0.4 is 10.5 Å². The van der Waals surface area contributed by atoms with Gasteiger partial charge in [0.15, 0.2) is 5.78 Å². The summed E-state index contributed by atoms with van der Waals surface area (Å²) in [6.07, 6.45) is 4.58. The van der Waals surface area contributed by atoms with Crippen LogP contribution in [0, 0.1) is 0 Å². The molecule has 0 aliphatic heterocycles. The van der Waals surface area contributed by atoms with Crippen molar-refractivity contribution < 1.29 is 13.2 Å². The Labute approximate surface area is 191 Å². The Balaban J connectivity index is 1.65. The van der Waals surface area contributed by atoms with E-state index in [9.17, 15) is 13.2 Å². The number of nitrogens with two attached hydrogens (primary N) is 1. The number of ketones is 1. The van der Waals surface area contributed by atoms with Crippen LogP contribution in [0.1, 0.15) is 41.4 Å². The van der Waals surface area contributed by atoms with Gasteiger partial charge in [-0.15, -0.1) is 0 Å². The lowest BCUT2D eigenvalue weighted by Crippen LogP contribution is -2.10. The van der Waals surface area contributed by atoms with Gasteiger partial charge in [-0.2, -0.15) is 0 Å². The van der Waals surface area contributed by atoms with Crippen LogP contribution in [0.2, 0.25) is 0 Å². The van der Waals surface area contributed by atoms with E-state index in [2.05, 4.69) is 14.7 Å². The van der Waals surface area contributed by atoms with E-state index in [1.165, 1.54) is 18.5 Å². The third kappa shape index (κ3) is 4.78. The third-order valence-electron chi connectivity index (χ3n) is 5.06. The highest BCUT2D eigenvalue weighted by Gasteiger charge is 2.21. The maximum atomic E-state index is 13.4. The van der Waals surface area contributed by atoms with E-state index >= 15 is 0 Å². The summed E-state index contributed by atoms with van der Waals surface area (Å²) in [4.78, 5) is 21.7. The average Bonchev–Trinajstić information content (AvgIpc) is 3.19. The average molecular weight is 462 g/mol. The summed E-state index contributed by atoms with van der Waals surface area (Å²) in [5, 5.41) is 1.57. The fraction of sp³-hybridized carbons (Fsp3) is 0.125. The molecule has 0 atom stereocenters. The van der Waals surface area contributed by atoms with Crippen molar-refractivity contribution >= 4 is 44.4 Å². The first-order valence-corrected chi connectivity index (χ1v) is 11.8. The minimum absolute atomic E-state index is 0.0536. The van der Waals surface area contributed by atoms with Gasteiger partial charge in [-0.25, -0.2) is 18.4 Å². The molecule has 8 nitrogen and oxygen atoms in total. The summed E-state index contributed by atoms with van der Waals surface area (Å²) in [5.74, 6) is -0.0903. The van der Waals surface area contributed by atoms with E-state index in [0.29, 0.717) is 22.2 Å². The molecule has 0 unspecified atom stereocenters. The molecule has 4 aromatic rings. The van der Waals surface area contributed by atoms with Crippen LogP contribution in [0.5, 0.6) is 0 Å². The summed E-state index contributed by atoms with van der Waals surface area (Å²) < 4.78 is 29.4. The first kappa shape index (κ1) is 22.2. The Bertz CT molecular complexity index is 1460. The molecule has 0 saturated heterocycles. The lowest BCUT2D eigenvalue weighted by Gasteiger charge is -2.07. The molecule has 2 heterocycles. The summed E-state index contributed by atoms with van der Waals surface area (Å²) in [5.41, 5.74) is 8.34. The zero-order valence-corrected chi connectivity index (χ0v) is 19.0. The molecule has 3 N–H and O–H groups in total. The second-order valence-corrected chi connectivity index (χ2v) is 9.34. The van der Waals surface area contributed by atoms with Crippen molar-refractivity contribution in [3.05, 3.63) is 89.2 Å². The summed E-state index contributed by atoms with van der Waals surface area (Å²) >= 11 is 0. The van der Waals surface area contributed by atoms with Crippen LogP contribution in [-0.4, -0.2) is 28.7 Å². The molecule has 0 aliphatic rings. The number of fused-ring (bicyclic) bond motifs is 1. The van der Waals surface area contributed by atoms with Crippen LogP contribution >= 0.6 is 0 Å². The first-order valence-electron chi connectivity index (χ1n) is 10.3. The van der Waals surface area contributed by atoms with E-state index in [1.807, 2.05) is 36.6 Å². The molecule has 0 amide bonds. The maximum Gasteiger partial charge on any atom is 0.255 e. The second kappa shape index (κ2) is 8.87. The molecular formula is C24H23N5O3S. The maximum absolute atomic E-state index is 13.4. The molecular weight excluding hydrogens is 438 g/mol. The molecule has 0 bridgehead atoms. The number of hydrogen-bond acceptors (Lipinski definition) is 6. The molecule has 0 fully saturated rings. The minimum atomic E-state index is -3.77. The number of carbonyl (C=O) groups excluding carboxylic acids is 1. The number of sulfonamides is 1. The highest BCUT2D eigenvalue weighted by atomic mass is 32.2. The van der Waals surface area contributed by atoms with Gasteiger partial charge in [0, 0.05) is 23.5 Å². The predicted molar refractivity (Wildman–Crippen MR) is 130 cm³/mol. The minimum Gasteiger partial charge on any atom is -0.383 e. The van der Waals surface area contributed by atoms with E-state index < -0.39 is 10.0 Å². The van der Waals surface area contributed by atoms with Crippen LogP contribution in [-0.2, 0) is 10.0 Å². The summed E-state index contributed by atoms with van der Waals surface area (Å²) in [6, 6.07) is 15.5. The van der Waals surface area contributed by atoms with Crippen molar-refractivity contribution in [1.29, 1.82) is 0 Å². The highest BCUT2D eigenvalue weighted by molar-refractivity contribution is 7.95. The molecule has 4 rings (SSSR count). The largest absolute Gasteiger partial charge is 0.383 e. The van der Waals surface area contributed by atoms with Gasteiger partial charge in [-0.1, -0.05) is 42.5 Å². The Kier molecular flexibility index (Phi) is 5.97. The standard InChI is InChI=1S/C24H23N5O3S/c1-16(2)29-14-20(21-23(25)26-15-27-24(21)29)22(30)18-9-6-10-19(13-18)28-33(31,32)12-11-17-7-4-3-5-8-17/h3-16,28H,1-2H3,(H2,25,26,27). The van der Waals surface area contributed by atoms with Gasteiger partial charge in [0.1, 0.15) is 17.8 Å². The fourth-order valence-electron chi connectivity index (χ4n) is 3.48. The highest BCUT2D eigenvalue weighted by Crippen LogP contribution is 2.29. The zero-order chi connectivity index (χ0) is 23.6. The van der Waals surface area contributed by atoms with Gasteiger partial charge in [-0.05, 0) is 37.6 Å². The molecule has 168 valence electrons. The van der Waals surface area contributed by atoms with Gasteiger partial charge < -0.3 is 10.3 Å². The van der Waals surface area contributed by atoms with E-state index in [-0.39, 0.29) is 23.3 Å². The molecule has 33 heavy (non-hydrogen) atoms. The van der Waals surface area contributed by atoms with E-state index in [1.54, 1.807) is 36.5 Å². The van der Waals surface area contributed by atoms with Crippen molar-refractivity contribution in [3.8, 4) is 0 Å².